The monoisotopic (exact) mass is 322 g/mol. The van der Waals surface area contributed by atoms with Crippen LogP contribution >= 0.6 is 47.0 Å². The third kappa shape index (κ3) is 2.05. The van der Waals surface area contributed by atoms with Crippen LogP contribution in [-0.4, -0.2) is 9.97 Å². The van der Waals surface area contributed by atoms with Gasteiger partial charge in [-0.05, 0) is 21.6 Å². The highest BCUT2D eigenvalue weighted by molar-refractivity contribution is 8.35. The van der Waals surface area contributed by atoms with Gasteiger partial charge in [0.15, 0.2) is 10.8 Å². The largest absolute Gasteiger partial charge is 0.449 e. The predicted molar refractivity (Wildman–Crippen MR) is 86.5 cm³/mol. The number of rotatable bonds is 0. The fourth-order valence-electron chi connectivity index (χ4n) is 1.77. The van der Waals surface area contributed by atoms with Gasteiger partial charge in [0.25, 0.3) is 0 Å². The number of furan rings is 1. The molecule has 0 atom stereocenters. The van der Waals surface area contributed by atoms with E-state index in [1.807, 2.05) is 0 Å². The molecule has 2 aromatic heterocycles. The molecule has 19 heavy (non-hydrogen) atoms. The van der Waals surface area contributed by atoms with Gasteiger partial charge < -0.3 is 4.42 Å². The molecular weight excluding hydrogens is 316 g/mol. The summed E-state index contributed by atoms with van der Waals surface area (Å²) in [7, 11) is 0. The van der Waals surface area contributed by atoms with Gasteiger partial charge in [-0.2, -0.15) is 0 Å². The van der Waals surface area contributed by atoms with Crippen molar-refractivity contribution in [2.24, 2.45) is 0 Å². The maximum atomic E-state index is 6.07. The minimum Gasteiger partial charge on any atom is -0.449 e. The van der Waals surface area contributed by atoms with Crippen molar-refractivity contribution in [2.45, 2.75) is 0 Å². The lowest BCUT2D eigenvalue weighted by Gasteiger charge is -1.89. The number of hydrogen-bond donors (Lipinski definition) is 0. The average Bonchev–Trinajstić information content (AvgIpc) is 3.18. The van der Waals surface area contributed by atoms with E-state index in [0.717, 1.165) is 30.3 Å². The minimum atomic E-state index is 0.832. The van der Waals surface area contributed by atoms with Crippen LogP contribution in [-0.2, 0) is 0 Å². The van der Waals surface area contributed by atoms with E-state index in [1.54, 1.807) is 59.4 Å². The Labute approximate surface area is 125 Å². The van der Waals surface area contributed by atoms with Crippen LogP contribution in [0.3, 0.4) is 0 Å². The van der Waals surface area contributed by atoms with Crippen molar-refractivity contribution in [1.29, 1.82) is 0 Å². The lowest BCUT2D eigenvalue weighted by atomic mass is 10.4. The first-order valence-corrected chi connectivity index (χ1v) is 8.90. The second-order valence-corrected chi connectivity index (χ2v) is 7.79. The van der Waals surface area contributed by atoms with Crippen molar-refractivity contribution in [3.8, 4) is 0 Å². The fourth-order valence-corrected chi connectivity index (χ4v) is 5.25. The lowest BCUT2D eigenvalue weighted by molar-refractivity contribution is 0.507. The molecule has 0 radical (unpaired) electrons. The molecule has 2 aromatic rings. The number of thioether (sulfide) groups is 4. The second kappa shape index (κ2) is 4.97. The quantitative estimate of drug-likeness (QED) is 0.737. The lowest BCUT2D eigenvalue weighted by Crippen LogP contribution is -2.03. The Balaban J connectivity index is 2.12. The summed E-state index contributed by atoms with van der Waals surface area (Å²) >= 11 is 6.66. The molecule has 4 heterocycles. The summed E-state index contributed by atoms with van der Waals surface area (Å²) in [5, 5.41) is 8.21. The van der Waals surface area contributed by atoms with Crippen LogP contribution in [0, 0.1) is 0 Å². The summed E-state index contributed by atoms with van der Waals surface area (Å²) in [5.74, 6) is 0. The van der Waals surface area contributed by atoms with E-state index in [9.17, 15) is 0 Å². The summed E-state index contributed by atoms with van der Waals surface area (Å²) in [5.41, 5.74) is 3.35. The van der Waals surface area contributed by atoms with Crippen molar-refractivity contribution < 1.29 is 4.42 Å². The van der Waals surface area contributed by atoms with E-state index in [-0.39, 0.29) is 0 Å². The summed E-state index contributed by atoms with van der Waals surface area (Å²) in [4.78, 5) is 8.87. The van der Waals surface area contributed by atoms with Gasteiger partial charge in [-0.15, -0.1) is 0 Å². The van der Waals surface area contributed by atoms with Gasteiger partial charge in [0, 0.05) is 12.4 Å². The van der Waals surface area contributed by atoms with Gasteiger partial charge in [0.2, 0.25) is 0 Å². The van der Waals surface area contributed by atoms with Gasteiger partial charge in [0.1, 0.15) is 11.0 Å². The van der Waals surface area contributed by atoms with Gasteiger partial charge in [0.05, 0.1) is 8.47 Å². The first-order chi connectivity index (χ1) is 9.43. The van der Waals surface area contributed by atoms with E-state index >= 15 is 0 Å². The zero-order chi connectivity index (χ0) is 12.7. The molecule has 7 heteroatoms. The Morgan fingerprint density at radius 2 is 1.11 bits per heavy atom. The van der Waals surface area contributed by atoms with E-state index in [4.69, 9.17) is 4.42 Å². The molecule has 3 nitrogen and oxygen atoms in total. The molecule has 0 unspecified atom stereocenters. The molecule has 0 fully saturated rings. The average molecular weight is 322 g/mol. The van der Waals surface area contributed by atoms with E-state index in [1.165, 1.54) is 0 Å². The molecule has 0 spiro atoms. The summed E-state index contributed by atoms with van der Waals surface area (Å²) < 4.78 is 8.32. The molecular formula is C12H6N2OS4. The van der Waals surface area contributed by atoms with Crippen LogP contribution in [0.1, 0.15) is 0 Å². The molecule has 0 saturated heterocycles. The molecule has 0 aromatic carbocycles. The maximum Gasteiger partial charge on any atom is 0.176 e. The highest BCUT2D eigenvalue weighted by atomic mass is 32.2. The van der Waals surface area contributed by atoms with Crippen molar-refractivity contribution in [2.75, 3.05) is 0 Å². The normalized spacial score (nSPS) is 18.1. The first-order valence-electron chi connectivity index (χ1n) is 5.38. The van der Waals surface area contributed by atoms with E-state index < -0.39 is 0 Å². The number of fused-ring (bicyclic) bond motifs is 1. The van der Waals surface area contributed by atoms with Crippen LogP contribution < -0.4 is 10.8 Å². The second-order valence-electron chi connectivity index (χ2n) is 3.60. The van der Waals surface area contributed by atoms with Crippen LogP contribution in [0.25, 0.3) is 19.5 Å². The highest BCUT2D eigenvalue weighted by Gasteiger charge is 2.16. The smallest absolute Gasteiger partial charge is 0.176 e. The first kappa shape index (κ1) is 12.0. The zero-order valence-corrected chi connectivity index (χ0v) is 12.7. The van der Waals surface area contributed by atoms with Crippen molar-refractivity contribution in [3.05, 3.63) is 44.9 Å². The standard InChI is InChI=1S/C12H6N2OS4/c1-2-14-8-7(13-1)9(11-16-3-4-17-11)15-10(8)12-18-5-6-19-12/h1-6H. The molecule has 94 valence electrons. The molecule has 0 bridgehead atoms. The maximum absolute atomic E-state index is 6.07. The topological polar surface area (TPSA) is 38.9 Å². The van der Waals surface area contributed by atoms with Crippen LogP contribution in [0.5, 0.6) is 0 Å². The Morgan fingerprint density at radius 3 is 1.53 bits per heavy atom. The van der Waals surface area contributed by atoms with Crippen molar-refractivity contribution >= 4 is 66.6 Å². The van der Waals surface area contributed by atoms with E-state index in [0.29, 0.717) is 0 Å². The van der Waals surface area contributed by atoms with Gasteiger partial charge in [-0.1, -0.05) is 47.0 Å². The van der Waals surface area contributed by atoms with Crippen LogP contribution in [0.4, 0.5) is 0 Å². The molecule has 4 rings (SSSR count). The number of hydrogen-bond acceptors (Lipinski definition) is 7. The molecule has 0 N–H and O–H groups in total. The number of aromatic nitrogens is 2. The Bertz CT molecular complexity index is 749. The highest BCUT2D eigenvalue weighted by Crippen LogP contribution is 2.39. The fraction of sp³-hybridized carbons (Fsp3) is 0. The third-order valence-corrected chi connectivity index (χ3v) is 6.70. The SMILES string of the molecule is C1=CSC(=c2oc(=C3SC=CS3)c3nccnc23)S1. The zero-order valence-electron chi connectivity index (χ0n) is 9.40. The Kier molecular flexibility index (Phi) is 3.14. The molecule has 0 aliphatic carbocycles. The van der Waals surface area contributed by atoms with Crippen LogP contribution in [0.2, 0.25) is 0 Å². The summed E-state index contributed by atoms with van der Waals surface area (Å²) in [6, 6.07) is 0. The van der Waals surface area contributed by atoms with Crippen LogP contribution in [0.15, 0.2) is 38.4 Å². The molecule has 0 saturated carbocycles. The van der Waals surface area contributed by atoms with Crippen molar-refractivity contribution in [1.82, 2.24) is 9.97 Å². The predicted octanol–water partition coefficient (Wildman–Crippen LogP) is 3.26. The van der Waals surface area contributed by atoms with E-state index in [2.05, 4.69) is 31.6 Å². The molecule has 2 aliphatic rings. The summed E-state index contributed by atoms with van der Waals surface area (Å²) in [6.07, 6.45) is 3.42. The Hall–Kier alpha value is -0.760. The molecule has 2 aliphatic heterocycles. The Morgan fingerprint density at radius 1 is 0.684 bits per heavy atom. The minimum absolute atomic E-state index is 0.832. The van der Waals surface area contributed by atoms with Gasteiger partial charge in [-0.25, -0.2) is 9.97 Å². The van der Waals surface area contributed by atoms with Crippen molar-refractivity contribution in [3.63, 3.8) is 0 Å². The third-order valence-electron chi connectivity index (χ3n) is 2.51. The molecule has 0 amide bonds. The van der Waals surface area contributed by atoms with Gasteiger partial charge in [-0.3, -0.25) is 0 Å². The van der Waals surface area contributed by atoms with Gasteiger partial charge >= 0.3 is 0 Å². The summed E-state index contributed by atoms with van der Waals surface area (Å²) in [6.45, 7) is 0. The number of nitrogens with zero attached hydrogens (tertiary/aromatic N) is 2.